The van der Waals surface area contributed by atoms with E-state index in [0.29, 0.717) is 5.52 Å². The molecule has 0 saturated heterocycles. The highest BCUT2D eigenvalue weighted by Gasteiger charge is 2.24. The number of amides is 2. The van der Waals surface area contributed by atoms with Crippen LogP contribution in [0.15, 0.2) is 72.9 Å². The summed E-state index contributed by atoms with van der Waals surface area (Å²) < 4.78 is 1.65. The highest BCUT2D eigenvalue weighted by Crippen LogP contribution is 2.22. The zero-order chi connectivity index (χ0) is 21.3. The summed E-state index contributed by atoms with van der Waals surface area (Å²) in [6.07, 6.45) is 1.74. The fraction of sp³-hybridized carbons (Fsp3) is 0.125. The number of hydrogen-bond donors (Lipinski definition) is 1. The molecule has 0 fully saturated rings. The summed E-state index contributed by atoms with van der Waals surface area (Å²) >= 11 is 0. The van der Waals surface area contributed by atoms with Gasteiger partial charge in [-0.25, -0.2) is 4.98 Å². The van der Waals surface area contributed by atoms with Crippen molar-refractivity contribution in [2.24, 2.45) is 0 Å². The number of fused-ring (bicyclic) bond motifs is 1. The van der Waals surface area contributed by atoms with Gasteiger partial charge in [-0.05, 0) is 55.3 Å². The first-order valence-corrected chi connectivity index (χ1v) is 9.65. The summed E-state index contributed by atoms with van der Waals surface area (Å²) in [5.41, 5.74) is 4.34. The lowest BCUT2D eigenvalue weighted by molar-refractivity contribution is 0.0982. The third kappa shape index (κ3) is 3.43. The molecule has 2 aromatic carbocycles. The molecule has 30 heavy (non-hydrogen) atoms. The van der Waals surface area contributed by atoms with E-state index in [9.17, 15) is 9.59 Å². The summed E-state index contributed by atoms with van der Waals surface area (Å²) in [4.78, 5) is 32.2. The number of para-hydroxylation sites is 1. The monoisotopic (exact) mass is 398 g/mol. The summed E-state index contributed by atoms with van der Waals surface area (Å²) in [5, 5.41) is 2.93. The predicted octanol–water partition coefficient (Wildman–Crippen LogP) is 4.48. The van der Waals surface area contributed by atoms with Crippen LogP contribution in [0.25, 0.3) is 5.52 Å². The largest absolute Gasteiger partial charge is 0.320 e. The van der Waals surface area contributed by atoms with Crippen LogP contribution in [0.3, 0.4) is 0 Å². The van der Waals surface area contributed by atoms with Crippen LogP contribution in [0.2, 0.25) is 0 Å². The Balaban J connectivity index is 1.73. The zero-order valence-corrected chi connectivity index (χ0v) is 17.1. The van der Waals surface area contributed by atoms with Gasteiger partial charge >= 0.3 is 0 Å². The summed E-state index contributed by atoms with van der Waals surface area (Å²) in [5.74, 6) is -0.468. The molecular weight excluding hydrogens is 376 g/mol. The Bertz CT molecular complexity index is 1240. The number of nitrogens with one attached hydrogen (secondary N) is 1. The Labute approximate surface area is 174 Å². The molecule has 0 atom stereocenters. The van der Waals surface area contributed by atoms with E-state index in [1.807, 2.05) is 68.4 Å². The maximum absolute atomic E-state index is 13.2. The van der Waals surface area contributed by atoms with Crippen molar-refractivity contribution in [3.8, 4) is 0 Å². The van der Waals surface area contributed by atoms with Crippen LogP contribution in [0, 0.1) is 13.8 Å². The maximum Gasteiger partial charge on any atom is 0.294 e. The van der Waals surface area contributed by atoms with Crippen molar-refractivity contribution in [1.82, 2.24) is 9.38 Å². The number of benzene rings is 2. The molecule has 0 radical (unpaired) electrons. The first-order valence-electron chi connectivity index (χ1n) is 9.65. The van der Waals surface area contributed by atoms with E-state index in [1.165, 1.54) is 4.90 Å². The number of hydrogen-bond acceptors (Lipinski definition) is 3. The molecule has 0 spiro atoms. The fourth-order valence-corrected chi connectivity index (χ4v) is 3.34. The SMILES string of the molecule is Cc1cccc(NC(=O)c2nc(C(=O)N(C)c3ccccc3)n3ccccc23)c1C. The number of aryl methyl sites for hydroxylation is 1. The fourth-order valence-electron chi connectivity index (χ4n) is 3.34. The first-order chi connectivity index (χ1) is 14.5. The molecule has 0 aliphatic heterocycles. The second-order valence-electron chi connectivity index (χ2n) is 7.14. The standard InChI is InChI=1S/C24H22N4O2/c1-16-10-9-13-19(17(16)2)25-23(29)21-20-14-7-8-15-28(20)22(26-21)24(30)27(3)18-11-5-4-6-12-18/h4-15H,1-3H3,(H,25,29). The molecule has 0 aliphatic rings. The Morgan fingerprint density at radius 2 is 1.67 bits per heavy atom. The van der Waals surface area contributed by atoms with Crippen molar-refractivity contribution in [3.05, 3.63) is 95.6 Å². The number of carbonyl (C=O) groups excluding carboxylic acids is 2. The number of imidazole rings is 1. The van der Waals surface area contributed by atoms with Gasteiger partial charge in [-0.2, -0.15) is 0 Å². The maximum atomic E-state index is 13.2. The van der Waals surface area contributed by atoms with E-state index in [-0.39, 0.29) is 23.3 Å². The molecule has 0 saturated carbocycles. The average molecular weight is 398 g/mol. The van der Waals surface area contributed by atoms with Crippen LogP contribution >= 0.6 is 0 Å². The minimum Gasteiger partial charge on any atom is -0.320 e. The lowest BCUT2D eigenvalue weighted by Crippen LogP contribution is -2.28. The first kappa shape index (κ1) is 19.4. The number of carbonyl (C=O) groups is 2. The van der Waals surface area contributed by atoms with Gasteiger partial charge in [-0.15, -0.1) is 0 Å². The van der Waals surface area contributed by atoms with Crippen molar-refractivity contribution in [1.29, 1.82) is 0 Å². The van der Waals surface area contributed by atoms with Crippen molar-refractivity contribution >= 4 is 28.7 Å². The molecule has 4 aromatic rings. The zero-order valence-electron chi connectivity index (χ0n) is 17.1. The number of pyridine rings is 1. The molecule has 2 aromatic heterocycles. The van der Waals surface area contributed by atoms with E-state index < -0.39 is 0 Å². The van der Waals surface area contributed by atoms with Gasteiger partial charge in [0.1, 0.15) is 0 Å². The van der Waals surface area contributed by atoms with Crippen molar-refractivity contribution < 1.29 is 9.59 Å². The average Bonchev–Trinajstić information content (AvgIpc) is 3.16. The van der Waals surface area contributed by atoms with Crippen LogP contribution < -0.4 is 10.2 Å². The van der Waals surface area contributed by atoms with Gasteiger partial charge in [-0.3, -0.25) is 14.0 Å². The van der Waals surface area contributed by atoms with Gasteiger partial charge < -0.3 is 10.2 Å². The molecule has 1 N–H and O–H groups in total. The lowest BCUT2D eigenvalue weighted by Gasteiger charge is -2.16. The second-order valence-corrected chi connectivity index (χ2v) is 7.14. The quantitative estimate of drug-likeness (QED) is 0.551. The van der Waals surface area contributed by atoms with Crippen molar-refractivity contribution in [2.45, 2.75) is 13.8 Å². The molecule has 6 nitrogen and oxygen atoms in total. The van der Waals surface area contributed by atoms with Crippen LogP contribution in [0.1, 0.15) is 32.2 Å². The number of aromatic nitrogens is 2. The Hall–Kier alpha value is -3.93. The van der Waals surface area contributed by atoms with Gasteiger partial charge in [0.2, 0.25) is 5.82 Å². The van der Waals surface area contributed by atoms with E-state index in [0.717, 1.165) is 22.5 Å². The third-order valence-corrected chi connectivity index (χ3v) is 5.26. The summed E-state index contributed by atoms with van der Waals surface area (Å²) in [6.45, 7) is 3.95. The molecule has 2 amide bonds. The lowest BCUT2D eigenvalue weighted by atomic mass is 10.1. The molecule has 4 rings (SSSR count). The van der Waals surface area contributed by atoms with Gasteiger partial charge in [0.15, 0.2) is 5.69 Å². The minimum absolute atomic E-state index is 0.183. The number of nitrogens with zero attached hydrogens (tertiary/aromatic N) is 3. The van der Waals surface area contributed by atoms with Crippen LogP contribution in [0.4, 0.5) is 11.4 Å². The minimum atomic E-state index is -0.353. The molecule has 150 valence electrons. The van der Waals surface area contributed by atoms with Crippen LogP contribution in [-0.4, -0.2) is 28.2 Å². The molecule has 0 aliphatic carbocycles. The van der Waals surface area contributed by atoms with Gasteiger partial charge in [-0.1, -0.05) is 36.4 Å². The molecule has 0 bridgehead atoms. The van der Waals surface area contributed by atoms with Gasteiger partial charge in [0, 0.05) is 24.6 Å². The van der Waals surface area contributed by atoms with Crippen molar-refractivity contribution in [3.63, 3.8) is 0 Å². The Morgan fingerprint density at radius 3 is 2.43 bits per heavy atom. The second kappa shape index (κ2) is 7.83. The summed E-state index contributed by atoms with van der Waals surface area (Å²) in [7, 11) is 1.69. The van der Waals surface area contributed by atoms with E-state index in [4.69, 9.17) is 0 Å². The van der Waals surface area contributed by atoms with E-state index in [2.05, 4.69) is 10.3 Å². The third-order valence-electron chi connectivity index (χ3n) is 5.26. The smallest absolute Gasteiger partial charge is 0.294 e. The van der Waals surface area contributed by atoms with Crippen molar-refractivity contribution in [2.75, 3.05) is 17.3 Å². The Morgan fingerprint density at radius 1 is 0.933 bits per heavy atom. The number of rotatable bonds is 4. The highest BCUT2D eigenvalue weighted by atomic mass is 16.2. The molecule has 0 unspecified atom stereocenters. The van der Waals surface area contributed by atoms with E-state index >= 15 is 0 Å². The van der Waals surface area contributed by atoms with Gasteiger partial charge in [0.05, 0.1) is 5.52 Å². The van der Waals surface area contributed by atoms with Gasteiger partial charge in [0.25, 0.3) is 11.8 Å². The summed E-state index contributed by atoms with van der Waals surface area (Å²) in [6, 6.07) is 20.5. The molecule has 2 heterocycles. The normalized spacial score (nSPS) is 10.8. The predicted molar refractivity (Wildman–Crippen MR) is 118 cm³/mol. The van der Waals surface area contributed by atoms with E-state index in [1.54, 1.807) is 29.8 Å². The van der Waals surface area contributed by atoms with Crippen LogP contribution in [-0.2, 0) is 0 Å². The molecular formula is C24H22N4O2. The topological polar surface area (TPSA) is 66.7 Å². The highest BCUT2D eigenvalue weighted by molar-refractivity contribution is 6.10. The Kier molecular flexibility index (Phi) is 5.06. The van der Waals surface area contributed by atoms with Crippen LogP contribution in [0.5, 0.6) is 0 Å². The molecule has 6 heteroatoms. The number of anilines is 2.